The second-order valence-corrected chi connectivity index (χ2v) is 16.2. The van der Waals surface area contributed by atoms with E-state index in [0.717, 1.165) is 44.9 Å². The minimum atomic E-state index is -0.596. The van der Waals surface area contributed by atoms with Crippen molar-refractivity contribution in [1.82, 2.24) is 5.32 Å². The molecule has 5 rings (SSSR count). The van der Waals surface area contributed by atoms with Crippen LogP contribution in [0.1, 0.15) is 126 Å². The van der Waals surface area contributed by atoms with Gasteiger partial charge in [-0.2, -0.15) is 0 Å². The zero-order valence-electron chi connectivity index (χ0n) is 27.8. The summed E-state index contributed by atoms with van der Waals surface area (Å²) in [5.41, 5.74) is 2.31. The van der Waals surface area contributed by atoms with Gasteiger partial charge in [0.25, 0.3) is 0 Å². The zero-order chi connectivity index (χ0) is 30.7. The number of amides is 1. The Balaban J connectivity index is 1.46. The lowest BCUT2D eigenvalue weighted by molar-refractivity contribution is -0.186. The van der Waals surface area contributed by atoms with Gasteiger partial charge in [-0.25, -0.2) is 4.79 Å². The normalized spacial score (nSPS) is 43.6. The number of carbonyl (C=O) groups excluding carboxylic acids is 2. The average Bonchev–Trinajstić information content (AvgIpc) is 3.30. The molecule has 4 aliphatic carbocycles. The van der Waals surface area contributed by atoms with E-state index in [9.17, 15) is 9.59 Å². The second-order valence-electron chi connectivity index (χ2n) is 16.2. The maximum atomic E-state index is 14.5. The van der Waals surface area contributed by atoms with Crippen molar-refractivity contribution >= 4 is 17.6 Å². The number of hydrogen-bond acceptors (Lipinski definition) is 5. The third-order valence-corrected chi connectivity index (χ3v) is 13.7. The highest BCUT2D eigenvalue weighted by atomic mass is 16.7. The first-order chi connectivity index (χ1) is 19.7. The Hall–Kier alpha value is -1.85. The molecule has 0 aromatic heterocycles. The Labute approximate surface area is 255 Å². The van der Waals surface area contributed by atoms with Gasteiger partial charge in [-0.3, -0.25) is 4.79 Å². The van der Waals surface area contributed by atoms with Gasteiger partial charge in [-0.15, -0.1) is 0 Å². The maximum absolute atomic E-state index is 14.5. The van der Waals surface area contributed by atoms with Gasteiger partial charge in [0.2, 0.25) is 5.91 Å². The molecule has 0 aromatic carbocycles. The maximum Gasteiger partial charge on any atom is 0.328 e. The van der Waals surface area contributed by atoms with Gasteiger partial charge in [-0.05, 0) is 125 Å². The van der Waals surface area contributed by atoms with Crippen molar-refractivity contribution < 1.29 is 19.2 Å². The minimum Gasteiger partial charge on any atom is -0.467 e. The number of methoxy groups -OCH3 is 1. The van der Waals surface area contributed by atoms with Crippen LogP contribution in [0.15, 0.2) is 17.3 Å². The van der Waals surface area contributed by atoms with Crippen LogP contribution in [0.5, 0.6) is 0 Å². The number of carbonyl (C=O) groups is 2. The molecule has 1 heterocycles. The lowest BCUT2D eigenvalue weighted by Crippen LogP contribution is -2.65. The number of esters is 1. The summed E-state index contributed by atoms with van der Waals surface area (Å²) in [6.07, 6.45) is 12.4. The second kappa shape index (κ2) is 11.3. The molecule has 0 aromatic rings. The van der Waals surface area contributed by atoms with E-state index >= 15 is 0 Å². The van der Waals surface area contributed by atoms with Crippen molar-refractivity contribution in [2.75, 3.05) is 7.11 Å². The van der Waals surface area contributed by atoms with Gasteiger partial charge in [0, 0.05) is 5.92 Å². The number of hydrogen-bond donors (Lipinski definition) is 1. The van der Waals surface area contributed by atoms with E-state index in [4.69, 9.17) is 9.57 Å². The highest BCUT2D eigenvalue weighted by Gasteiger charge is 2.66. The molecule has 0 radical (unpaired) electrons. The summed E-state index contributed by atoms with van der Waals surface area (Å²) >= 11 is 0. The summed E-state index contributed by atoms with van der Waals surface area (Å²) in [6.45, 7) is 20.7. The Morgan fingerprint density at radius 1 is 1.02 bits per heavy atom. The summed E-state index contributed by atoms with van der Waals surface area (Å²) in [4.78, 5) is 33.3. The molecule has 0 bridgehead atoms. The van der Waals surface area contributed by atoms with Crippen LogP contribution in [0.25, 0.3) is 0 Å². The van der Waals surface area contributed by atoms with Gasteiger partial charge < -0.3 is 14.9 Å². The van der Waals surface area contributed by atoms with Crippen LogP contribution in [0.2, 0.25) is 0 Å². The number of ether oxygens (including phenoxy) is 1. The average molecular weight is 583 g/mol. The summed E-state index contributed by atoms with van der Waals surface area (Å²) in [7, 11) is 1.42. The first kappa shape index (κ1) is 31.6. The Kier molecular flexibility index (Phi) is 8.46. The predicted molar refractivity (Wildman–Crippen MR) is 168 cm³/mol. The van der Waals surface area contributed by atoms with E-state index in [1.165, 1.54) is 44.1 Å². The van der Waals surface area contributed by atoms with Gasteiger partial charge in [-0.1, -0.05) is 58.3 Å². The molecule has 1 aliphatic heterocycles. The van der Waals surface area contributed by atoms with Crippen LogP contribution in [-0.4, -0.2) is 36.3 Å². The lowest BCUT2D eigenvalue weighted by Gasteiger charge is -2.65. The van der Waals surface area contributed by atoms with E-state index < -0.39 is 11.5 Å². The number of rotatable bonds is 6. The molecule has 236 valence electrons. The molecule has 0 spiro atoms. The highest BCUT2D eigenvalue weighted by Crippen LogP contribution is 2.67. The summed E-state index contributed by atoms with van der Waals surface area (Å²) in [5.74, 6) is 2.28. The van der Waals surface area contributed by atoms with Crippen LogP contribution in [0.3, 0.4) is 0 Å². The van der Waals surface area contributed by atoms with E-state index in [-0.39, 0.29) is 40.1 Å². The molecule has 6 heteroatoms. The largest absolute Gasteiger partial charge is 0.467 e. The molecule has 4 saturated carbocycles. The van der Waals surface area contributed by atoms with Gasteiger partial charge in [0.1, 0.15) is 11.8 Å². The van der Waals surface area contributed by atoms with Crippen molar-refractivity contribution in [2.24, 2.45) is 56.9 Å². The number of allylic oxidation sites excluding steroid dienone is 1. The SMILES string of the molecule is C=C(C)C1CCC2(C(=O)NC(CC(C)C)C(=O)OC)CCC(C)C3(C)CCC4C5(C)ON=C5CCC4(C)C3CCCC12. The first-order valence-corrected chi connectivity index (χ1v) is 17.0. The highest BCUT2D eigenvalue weighted by molar-refractivity contribution is 5.96. The zero-order valence-corrected chi connectivity index (χ0v) is 27.8. The molecule has 10 atom stereocenters. The summed E-state index contributed by atoms with van der Waals surface area (Å²) in [5, 5.41) is 7.61. The molecule has 42 heavy (non-hydrogen) atoms. The van der Waals surface area contributed by atoms with Crippen molar-refractivity contribution in [1.29, 1.82) is 0 Å². The van der Waals surface area contributed by atoms with Crippen LogP contribution < -0.4 is 5.32 Å². The molecule has 6 nitrogen and oxygen atoms in total. The topological polar surface area (TPSA) is 77.0 Å². The van der Waals surface area contributed by atoms with Crippen molar-refractivity contribution in [2.45, 2.75) is 137 Å². The molecule has 0 saturated heterocycles. The van der Waals surface area contributed by atoms with Crippen LogP contribution in [0, 0.1) is 51.8 Å². The monoisotopic (exact) mass is 582 g/mol. The standard InChI is InChI=1S/C36H58N2O4/c1-22(2)21-27(31(39)41-9)37-32(40)36-19-13-24(5)33(6)17-15-29-34(7,18-16-30-35(29,8)42-38-30)28(33)12-10-11-26(36)25(14-20-36)23(3)4/h22,24-29H,3,10-21H2,1-2,4-9H3,(H,37,40). The first-order valence-electron chi connectivity index (χ1n) is 17.0. The van der Waals surface area contributed by atoms with Crippen molar-refractivity contribution in [3.05, 3.63) is 12.2 Å². The smallest absolute Gasteiger partial charge is 0.328 e. The molecule has 1 amide bonds. The van der Waals surface area contributed by atoms with Gasteiger partial charge in [0.05, 0.1) is 12.5 Å². The fraction of sp³-hybridized carbons (Fsp3) is 0.861. The summed E-state index contributed by atoms with van der Waals surface area (Å²) < 4.78 is 5.13. The van der Waals surface area contributed by atoms with Crippen molar-refractivity contribution in [3.8, 4) is 0 Å². The van der Waals surface area contributed by atoms with Crippen LogP contribution in [-0.2, 0) is 19.2 Å². The van der Waals surface area contributed by atoms with Crippen molar-refractivity contribution in [3.63, 3.8) is 0 Å². The van der Waals surface area contributed by atoms with Crippen LogP contribution >= 0.6 is 0 Å². The molecule has 1 N–H and O–H groups in total. The third kappa shape index (κ3) is 4.85. The van der Waals surface area contributed by atoms with Gasteiger partial charge >= 0.3 is 5.97 Å². The lowest BCUT2D eigenvalue weighted by atomic mass is 9.42. The molecule has 10 unspecified atom stereocenters. The molecular formula is C36H58N2O4. The summed E-state index contributed by atoms with van der Waals surface area (Å²) in [6, 6.07) is -0.596. The number of nitrogens with one attached hydrogen (secondary N) is 1. The Bertz CT molecular complexity index is 1120. The predicted octanol–water partition coefficient (Wildman–Crippen LogP) is 7.86. The van der Waals surface area contributed by atoms with E-state index in [2.05, 4.69) is 65.5 Å². The quantitative estimate of drug-likeness (QED) is 0.255. The van der Waals surface area contributed by atoms with Gasteiger partial charge in [0.15, 0.2) is 5.60 Å². The Morgan fingerprint density at radius 3 is 2.36 bits per heavy atom. The fourth-order valence-electron chi connectivity index (χ4n) is 11.1. The fourth-order valence-corrected chi connectivity index (χ4v) is 11.1. The number of nitrogens with zero attached hydrogens (tertiary/aromatic N) is 1. The van der Waals surface area contributed by atoms with E-state index in [1.807, 2.05) is 0 Å². The third-order valence-electron chi connectivity index (χ3n) is 13.7. The number of fused-ring (bicyclic) bond motifs is 6. The molecule has 4 fully saturated rings. The van der Waals surface area contributed by atoms with E-state index in [1.54, 1.807) is 0 Å². The molecular weight excluding hydrogens is 524 g/mol. The minimum absolute atomic E-state index is 0.0756. The van der Waals surface area contributed by atoms with E-state index in [0.29, 0.717) is 30.1 Å². The van der Waals surface area contributed by atoms with Crippen LogP contribution in [0.4, 0.5) is 0 Å². The number of oxime groups is 1. The Morgan fingerprint density at radius 2 is 1.74 bits per heavy atom. The molecule has 5 aliphatic rings.